The Morgan fingerprint density at radius 2 is 1.79 bits per heavy atom. The first-order chi connectivity index (χ1) is 13.1. The highest BCUT2D eigenvalue weighted by Crippen LogP contribution is 2.44. The number of carbonyl (C=O) groups is 2. The molecule has 1 aliphatic heterocycles. The number of primary amides is 1. The van der Waals surface area contributed by atoms with E-state index in [0.717, 1.165) is 24.3 Å². The SMILES string of the molecule is CN1C(=O)CCC1(C(N)=O)c1cc(Oc2ccc(C(F)(F)F)cc2)ccc1O. The summed E-state index contributed by atoms with van der Waals surface area (Å²) in [5.74, 6) is -1.05. The molecule has 3 N–H and O–H groups in total. The number of nitrogens with zero attached hydrogens (tertiary/aromatic N) is 1. The van der Waals surface area contributed by atoms with Crippen LogP contribution in [0.5, 0.6) is 17.2 Å². The summed E-state index contributed by atoms with van der Waals surface area (Å²) < 4.78 is 43.5. The molecule has 1 aliphatic rings. The lowest BCUT2D eigenvalue weighted by atomic mass is 9.85. The van der Waals surface area contributed by atoms with Crippen molar-refractivity contribution < 1.29 is 32.6 Å². The zero-order chi connectivity index (χ0) is 20.7. The molecular weight excluding hydrogens is 377 g/mol. The average molecular weight is 394 g/mol. The van der Waals surface area contributed by atoms with Crippen LogP contribution in [0.2, 0.25) is 0 Å². The van der Waals surface area contributed by atoms with E-state index in [2.05, 4.69) is 0 Å². The third-order valence-electron chi connectivity index (χ3n) is 4.89. The predicted octanol–water partition coefficient (Wildman–Crippen LogP) is 3.14. The van der Waals surface area contributed by atoms with Crippen molar-refractivity contribution in [1.29, 1.82) is 0 Å². The Morgan fingerprint density at radius 3 is 2.29 bits per heavy atom. The number of alkyl halides is 3. The third kappa shape index (κ3) is 3.23. The Kier molecular flexibility index (Phi) is 4.70. The molecule has 28 heavy (non-hydrogen) atoms. The Bertz CT molecular complexity index is 928. The lowest BCUT2D eigenvalue weighted by molar-refractivity contribution is -0.138. The summed E-state index contributed by atoms with van der Waals surface area (Å²) in [4.78, 5) is 25.4. The Balaban J connectivity index is 1.96. The van der Waals surface area contributed by atoms with Gasteiger partial charge in [-0.2, -0.15) is 13.2 Å². The molecule has 0 saturated carbocycles. The van der Waals surface area contributed by atoms with Crippen LogP contribution >= 0.6 is 0 Å². The Labute approximate surface area is 158 Å². The normalized spacial score (nSPS) is 19.7. The second kappa shape index (κ2) is 6.74. The van der Waals surface area contributed by atoms with Crippen molar-refractivity contribution in [2.45, 2.75) is 24.6 Å². The number of hydrogen-bond donors (Lipinski definition) is 2. The minimum atomic E-state index is -4.46. The highest BCUT2D eigenvalue weighted by Gasteiger charge is 2.51. The molecule has 9 heteroatoms. The lowest BCUT2D eigenvalue weighted by Crippen LogP contribution is -2.50. The molecule has 1 fully saturated rings. The van der Waals surface area contributed by atoms with Crippen molar-refractivity contribution in [3.05, 3.63) is 53.6 Å². The summed E-state index contributed by atoms with van der Waals surface area (Å²) in [5.41, 5.74) is 3.31. The van der Waals surface area contributed by atoms with Crippen LogP contribution in [0.4, 0.5) is 13.2 Å². The van der Waals surface area contributed by atoms with E-state index in [0.29, 0.717) is 0 Å². The van der Waals surface area contributed by atoms with Crippen LogP contribution in [-0.4, -0.2) is 28.9 Å². The fourth-order valence-corrected chi connectivity index (χ4v) is 3.33. The van der Waals surface area contributed by atoms with Gasteiger partial charge in [-0.3, -0.25) is 9.59 Å². The van der Waals surface area contributed by atoms with Crippen LogP contribution in [0, 0.1) is 0 Å². The molecule has 1 unspecified atom stereocenters. The zero-order valence-corrected chi connectivity index (χ0v) is 14.8. The van der Waals surface area contributed by atoms with Crippen LogP contribution in [0.1, 0.15) is 24.0 Å². The van der Waals surface area contributed by atoms with Gasteiger partial charge in [0.2, 0.25) is 11.8 Å². The van der Waals surface area contributed by atoms with Crippen molar-refractivity contribution in [2.24, 2.45) is 5.73 Å². The molecule has 1 atom stereocenters. The van der Waals surface area contributed by atoms with Gasteiger partial charge in [-0.1, -0.05) is 0 Å². The highest BCUT2D eigenvalue weighted by molar-refractivity contribution is 5.95. The van der Waals surface area contributed by atoms with Crippen LogP contribution in [0.3, 0.4) is 0 Å². The molecule has 2 aromatic carbocycles. The van der Waals surface area contributed by atoms with E-state index in [4.69, 9.17) is 10.5 Å². The fourth-order valence-electron chi connectivity index (χ4n) is 3.33. The van der Waals surface area contributed by atoms with Gasteiger partial charge in [-0.15, -0.1) is 0 Å². The van der Waals surface area contributed by atoms with Gasteiger partial charge in [0.1, 0.15) is 17.2 Å². The summed E-state index contributed by atoms with van der Waals surface area (Å²) in [5, 5.41) is 10.3. The number of likely N-dealkylation sites (tertiary alicyclic amines) is 1. The van der Waals surface area contributed by atoms with E-state index >= 15 is 0 Å². The van der Waals surface area contributed by atoms with Gasteiger partial charge in [0.05, 0.1) is 5.56 Å². The van der Waals surface area contributed by atoms with Crippen LogP contribution in [0.25, 0.3) is 0 Å². The van der Waals surface area contributed by atoms with Gasteiger partial charge in [0.25, 0.3) is 0 Å². The standard InChI is InChI=1S/C19H17F3N2O4/c1-24-16(26)8-9-18(24,17(23)27)14-10-13(6-7-15(14)25)28-12-4-2-11(3-5-12)19(20,21)22/h2-7,10,25H,8-9H2,1H3,(H2,23,27). The van der Waals surface area contributed by atoms with E-state index < -0.39 is 23.2 Å². The molecule has 3 rings (SSSR count). The van der Waals surface area contributed by atoms with E-state index in [1.54, 1.807) is 0 Å². The molecule has 0 bridgehead atoms. The molecule has 1 saturated heterocycles. The van der Waals surface area contributed by atoms with E-state index in [9.17, 15) is 27.9 Å². The van der Waals surface area contributed by atoms with E-state index in [1.165, 1.54) is 30.1 Å². The molecule has 0 spiro atoms. The molecule has 6 nitrogen and oxygen atoms in total. The first kappa shape index (κ1) is 19.5. The predicted molar refractivity (Wildman–Crippen MR) is 92.5 cm³/mol. The summed E-state index contributed by atoms with van der Waals surface area (Å²) in [7, 11) is 1.42. The van der Waals surface area contributed by atoms with Crippen molar-refractivity contribution in [3.8, 4) is 17.2 Å². The average Bonchev–Trinajstić information content (AvgIpc) is 2.93. The number of halogens is 3. The van der Waals surface area contributed by atoms with E-state index in [1.807, 2.05) is 0 Å². The number of carbonyl (C=O) groups excluding carboxylic acids is 2. The minimum Gasteiger partial charge on any atom is -0.508 e. The smallest absolute Gasteiger partial charge is 0.416 e. The van der Waals surface area contributed by atoms with Crippen molar-refractivity contribution in [3.63, 3.8) is 0 Å². The maximum atomic E-state index is 12.7. The Morgan fingerprint density at radius 1 is 1.18 bits per heavy atom. The van der Waals surface area contributed by atoms with Crippen molar-refractivity contribution in [1.82, 2.24) is 4.90 Å². The highest BCUT2D eigenvalue weighted by atomic mass is 19.4. The monoisotopic (exact) mass is 394 g/mol. The zero-order valence-electron chi connectivity index (χ0n) is 14.8. The number of phenols is 1. The summed E-state index contributed by atoms with van der Waals surface area (Å²) in [6.07, 6.45) is -4.28. The van der Waals surface area contributed by atoms with Crippen LogP contribution < -0.4 is 10.5 Å². The molecule has 0 aliphatic carbocycles. The maximum absolute atomic E-state index is 12.7. The molecule has 0 radical (unpaired) electrons. The number of ether oxygens (including phenoxy) is 1. The van der Waals surface area contributed by atoms with Gasteiger partial charge < -0.3 is 20.5 Å². The summed E-state index contributed by atoms with van der Waals surface area (Å²) in [6.45, 7) is 0. The maximum Gasteiger partial charge on any atom is 0.416 e. The molecular formula is C19H17F3N2O4. The first-order valence-corrected chi connectivity index (χ1v) is 8.31. The molecule has 1 heterocycles. The van der Waals surface area contributed by atoms with Gasteiger partial charge in [-0.25, -0.2) is 0 Å². The van der Waals surface area contributed by atoms with Crippen LogP contribution in [-0.2, 0) is 21.3 Å². The van der Waals surface area contributed by atoms with Gasteiger partial charge in [-0.05, 0) is 48.9 Å². The van der Waals surface area contributed by atoms with E-state index in [-0.39, 0.29) is 41.6 Å². The fraction of sp³-hybridized carbons (Fsp3) is 0.263. The molecule has 2 amide bonds. The van der Waals surface area contributed by atoms with Crippen molar-refractivity contribution in [2.75, 3.05) is 7.05 Å². The molecule has 148 valence electrons. The second-order valence-corrected chi connectivity index (χ2v) is 6.48. The first-order valence-electron chi connectivity index (χ1n) is 8.31. The number of hydrogen-bond acceptors (Lipinski definition) is 4. The number of likely N-dealkylation sites (N-methyl/N-ethyl adjacent to an activating group) is 1. The number of benzene rings is 2. The number of nitrogens with two attached hydrogens (primary N) is 1. The topological polar surface area (TPSA) is 92.9 Å². The van der Waals surface area contributed by atoms with Gasteiger partial charge in [0, 0.05) is 19.0 Å². The van der Waals surface area contributed by atoms with Crippen molar-refractivity contribution >= 4 is 11.8 Å². The number of aromatic hydroxyl groups is 1. The minimum absolute atomic E-state index is 0.0862. The van der Waals surface area contributed by atoms with Gasteiger partial charge >= 0.3 is 6.18 Å². The number of phenolic OH excluding ortho intramolecular Hbond substituents is 1. The molecule has 2 aromatic rings. The largest absolute Gasteiger partial charge is 0.508 e. The number of amides is 2. The number of rotatable bonds is 4. The Hall–Kier alpha value is -3.23. The summed E-state index contributed by atoms with van der Waals surface area (Å²) >= 11 is 0. The lowest BCUT2D eigenvalue weighted by Gasteiger charge is -2.34. The third-order valence-corrected chi connectivity index (χ3v) is 4.89. The second-order valence-electron chi connectivity index (χ2n) is 6.48. The summed E-state index contributed by atoms with van der Waals surface area (Å²) in [6, 6.07) is 8.09. The quantitative estimate of drug-likeness (QED) is 0.833. The molecule has 0 aromatic heterocycles. The van der Waals surface area contributed by atoms with Crippen LogP contribution in [0.15, 0.2) is 42.5 Å². The van der Waals surface area contributed by atoms with Gasteiger partial charge in [0.15, 0.2) is 5.54 Å².